The molecule has 6 atom stereocenters. The third-order valence-corrected chi connectivity index (χ3v) is 12.0. The summed E-state index contributed by atoms with van der Waals surface area (Å²) in [7, 11) is 1.85. The molecule has 6 nitrogen and oxygen atoms in total. The van der Waals surface area contributed by atoms with E-state index in [4.69, 9.17) is 11.6 Å². The molecule has 0 bridgehead atoms. The molecule has 0 heterocycles. The Labute approximate surface area is 286 Å². The Kier molecular flexibility index (Phi) is 20.0. The molecule has 0 aromatic rings. The zero-order valence-electron chi connectivity index (χ0n) is 29.5. The predicted octanol–water partition coefficient (Wildman–Crippen LogP) is 9.25. The molecule has 1 unspecified atom stereocenters. The number of carboxylic acid groups (broad SMARTS) is 1. The van der Waals surface area contributed by atoms with Gasteiger partial charge in [-0.15, -0.1) is 11.6 Å². The number of aliphatic carboxylic acids is 1. The number of unbranched alkanes of at least 4 members (excludes halogenated alkanes) is 11. The first-order chi connectivity index (χ1) is 22.2. The molecule has 7 heteroatoms. The summed E-state index contributed by atoms with van der Waals surface area (Å²) >= 11 is 6.67. The first-order valence-electron chi connectivity index (χ1n) is 18.9. The number of hydrogen-bond acceptors (Lipinski definition) is 5. The topological polar surface area (TPSA) is 98.1 Å². The Bertz CT molecular complexity index is 899. The molecular weight excluding hydrogens is 598 g/mol. The molecule has 0 amide bonds. The van der Waals surface area contributed by atoms with Crippen molar-refractivity contribution in [3.8, 4) is 0 Å². The monoisotopic (exact) mass is 665 g/mol. The van der Waals surface area contributed by atoms with Crippen LogP contribution in [-0.2, 0) is 9.59 Å². The lowest BCUT2D eigenvalue weighted by Gasteiger charge is -2.45. The number of carbonyl (C=O) groups is 2. The third-order valence-electron chi connectivity index (χ3n) is 11.5. The lowest BCUT2D eigenvalue weighted by molar-refractivity contribution is -0.153. The Morgan fingerprint density at radius 2 is 1.59 bits per heavy atom. The van der Waals surface area contributed by atoms with Gasteiger partial charge in [-0.05, 0) is 82.7 Å². The number of nitrogens with zero attached hydrogens (tertiary/aromatic N) is 1. The van der Waals surface area contributed by atoms with Gasteiger partial charge in [0.25, 0.3) is 0 Å². The van der Waals surface area contributed by atoms with E-state index in [9.17, 15) is 24.9 Å². The van der Waals surface area contributed by atoms with Crippen molar-refractivity contribution in [3.63, 3.8) is 0 Å². The van der Waals surface area contributed by atoms with Gasteiger partial charge in [0, 0.05) is 17.7 Å². The van der Waals surface area contributed by atoms with Crippen LogP contribution < -0.4 is 0 Å². The molecule has 2 fully saturated rings. The van der Waals surface area contributed by atoms with Crippen molar-refractivity contribution in [2.24, 2.45) is 17.3 Å². The van der Waals surface area contributed by atoms with Gasteiger partial charge in [0.15, 0.2) is 0 Å². The highest BCUT2D eigenvalue weighted by Crippen LogP contribution is 2.48. The van der Waals surface area contributed by atoms with E-state index in [-0.39, 0.29) is 35.2 Å². The van der Waals surface area contributed by atoms with Crippen LogP contribution in [0.2, 0.25) is 0 Å². The molecule has 2 saturated carbocycles. The quantitative estimate of drug-likeness (QED) is 0.0350. The number of aldehydes is 1. The van der Waals surface area contributed by atoms with Crippen molar-refractivity contribution in [3.05, 3.63) is 24.3 Å². The molecule has 46 heavy (non-hydrogen) atoms. The van der Waals surface area contributed by atoms with E-state index in [0.717, 1.165) is 38.4 Å². The van der Waals surface area contributed by atoms with Crippen molar-refractivity contribution < 1.29 is 24.9 Å². The van der Waals surface area contributed by atoms with Gasteiger partial charge in [-0.3, -0.25) is 9.69 Å². The highest BCUT2D eigenvalue weighted by atomic mass is 35.5. The Hall–Kier alpha value is -1.21. The number of allylic oxidation sites excluding steroid dienone is 2. The summed E-state index contributed by atoms with van der Waals surface area (Å²) < 4.78 is 0. The highest BCUT2D eigenvalue weighted by molar-refractivity contribution is 6.21. The van der Waals surface area contributed by atoms with Gasteiger partial charge in [-0.2, -0.15) is 0 Å². The summed E-state index contributed by atoms with van der Waals surface area (Å²) in [5, 5.41) is 31.6. The number of likely N-dealkylation sites (N-methyl/N-ethyl adjacent to an activating group) is 1. The fourth-order valence-electron chi connectivity index (χ4n) is 7.87. The van der Waals surface area contributed by atoms with E-state index in [1.54, 1.807) is 0 Å². The first-order valence-corrected chi connectivity index (χ1v) is 19.3. The summed E-state index contributed by atoms with van der Waals surface area (Å²) in [5.41, 5.74) is -1.14. The zero-order chi connectivity index (χ0) is 33.8. The fraction of sp³-hybridized carbons (Fsp3) is 0.846. The van der Waals surface area contributed by atoms with Gasteiger partial charge >= 0.3 is 5.97 Å². The van der Waals surface area contributed by atoms with Gasteiger partial charge in [0.05, 0.1) is 12.2 Å². The second-order valence-electron chi connectivity index (χ2n) is 14.6. The van der Waals surface area contributed by atoms with Crippen LogP contribution in [-0.4, -0.2) is 69.2 Å². The molecule has 0 aromatic heterocycles. The molecule has 0 spiro atoms. The molecule has 2 aliphatic carbocycles. The maximum absolute atomic E-state index is 12.5. The van der Waals surface area contributed by atoms with E-state index < -0.39 is 17.6 Å². The van der Waals surface area contributed by atoms with E-state index in [1.165, 1.54) is 70.6 Å². The summed E-state index contributed by atoms with van der Waals surface area (Å²) in [5.74, 6) is -0.917. The van der Waals surface area contributed by atoms with E-state index >= 15 is 0 Å². The van der Waals surface area contributed by atoms with Crippen molar-refractivity contribution in [2.45, 2.75) is 178 Å². The second-order valence-corrected chi connectivity index (χ2v) is 15.1. The predicted molar refractivity (Wildman–Crippen MR) is 191 cm³/mol. The molecule has 0 aromatic carbocycles. The maximum atomic E-state index is 12.5. The number of aliphatic hydroxyl groups excluding tert-OH is 2. The number of halogens is 1. The molecule has 266 valence electrons. The van der Waals surface area contributed by atoms with Gasteiger partial charge in [0.1, 0.15) is 11.8 Å². The summed E-state index contributed by atoms with van der Waals surface area (Å²) in [6.07, 6.45) is 30.3. The highest BCUT2D eigenvalue weighted by Gasteiger charge is 2.43. The SMILES string of the molecule is CCCCCCCCCCCCCCN(C)C(CC=O)(CCC=CC[C@@H]1[C@@H](C=CC[C@H](O)C2(CC)CCC2)[C@H](O)C[C@H]1Cl)C(=O)O. The Balaban J connectivity index is 1.79. The number of carboxylic acids is 1. The molecule has 0 saturated heterocycles. The van der Waals surface area contributed by atoms with Gasteiger partial charge < -0.3 is 20.1 Å². The van der Waals surface area contributed by atoms with Gasteiger partial charge in [-0.25, -0.2) is 0 Å². The number of hydrogen-bond donors (Lipinski definition) is 3. The lowest BCUT2D eigenvalue weighted by atomic mass is 9.63. The summed E-state index contributed by atoms with van der Waals surface area (Å²) in [6, 6.07) is 0. The fourth-order valence-corrected chi connectivity index (χ4v) is 8.33. The molecule has 2 rings (SSSR count). The van der Waals surface area contributed by atoms with Crippen LogP contribution in [0, 0.1) is 17.3 Å². The smallest absolute Gasteiger partial charge is 0.324 e. The minimum absolute atomic E-state index is 0.0263. The lowest BCUT2D eigenvalue weighted by Crippen LogP contribution is -2.53. The summed E-state index contributed by atoms with van der Waals surface area (Å²) in [6.45, 7) is 5.07. The normalized spacial score (nSPS) is 24.8. The molecule has 0 radical (unpaired) electrons. The second kappa shape index (κ2) is 22.4. The van der Waals surface area contributed by atoms with E-state index in [0.29, 0.717) is 38.6 Å². The zero-order valence-corrected chi connectivity index (χ0v) is 30.3. The van der Waals surface area contributed by atoms with Crippen molar-refractivity contribution in [1.82, 2.24) is 4.90 Å². The van der Waals surface area contributed by atoms with Crippen LogP contribution in [0.5, 0.6) is 0 Å². The number of aliphatic hydroxyl groups is 2. The minimum Gasteiger partial charge on any atom is -0.480 e. The molecular formula is C39H68ClNO5. The van der Waals surface area contributed by atoms with Crippen LogP contribution in [0.4, 0.5) is 0 Å². The van der Waals surface area contributed by atoms with Gasteiger partial charge in [0.2, 0.25) is 0 Å². The number of rotatable bonds is 27. The molecule has 2 aliphatic rings. The largest absolute Gasteiger partial charge is 0.480 e. The number of carbonyl (C=O) groups excluding carboxylic acids is 1. The van der Waals surface area contributed by atoms with Crippen LogP contribution in [0.25, 0.3) is 0 Å². The third kappa shape index (κ3) is 12.7. The average Bonchev–Trinajstić information content (AvgIpc) is 3.27. The standard InChI is InChI=1S/C39H68ClNO5/c1-4-6-7-8-9-10-11-12-13-14-15-19-29-41(3)39(28-30-42,37(45)46)27-18-16-17-22-32-33(35(43)31-34(32)40)23-20-24-36(44)38(5-2)25-21-26-38/h16-17,20,23,30,32-36,43-44H,4-15,18-19,21-22,24-29,31H2,1-3H3,(H,45,46)/t32-,33-,34-,35-,36+,39?/m1/s1. The van der Waals surface area contributed by atoms with Crippen LogP contribution >= 0.6 is 11.6 Å². The van der Waals surface area contributed by atoms with Crippen molar-refractivity contribution in [2.75, 3.05) is 13.6 Å². The Morgan fingerprint density at radius 3 is 2.11 bits per heavy atom. The van der Waals surface area contributed by atoms with Crippen LogP contribution in [0.1, 0.15) is 155 Å². The maximum Gasteiger partial charge on any atom is 0.324 e. The number of alkyl halides is 1. The average molecular weight is 666 g/mol. The minimum atomic E-state index is -1.20. The Morgan fingerprint density at radius 1 is 0.978 bits per heavy atom. The molecule has 0 aliphatic heterocycles. The first kappa shape index (κ1) is 41.0. The van der Waals surface area contributed by atoms with Crippen molar-refractivity contribution >= 4 is 23.9 Å². The molecule has 3 N–H and O–H groups in total. The van der Waals surface area contributed by atoms with E-state index in [2.05, 4.69) is 26.0 Å². The summed E-state index contributed by atoms with van der Waals surface area (Å²) in [4.78, 5) is 26.0. The van der Waals surface area contributed by atoms with E-state index in [1.807, 2.05) is 24.1 Å². The van der Waals surface area contributed by atoms with Crippen LogP contribution in [0.15, 0.2) is 24.3 Å². The van der Waals surface area contributed by atoms with Crippen LogP contribution in [0.3, 0.4) is 0 Å². The van der Waals surface area contributed by atoms with Gasteiger partial charge in [-0.1, -0.05) is 115 Å². The van der Waals surface area contributed by atoms with Crippen molar-refractivity contribution in [1.29, 1.82) is 0 Å².